The Bertz CT molecular complexity index is 836. The van der Waals surface area contributed by atoms with Crippen molar-refractivity contribution in [2.45, 2.75) is 27.2 Å². The molecule has 0 saturated carbocycles. The van der Waals surface area contributed by atoms with Gasteiger partial charge in [0.2, 0.25) is 11.8 Å². The minimum Gasteiger partial charge on any atom is -0.339 e. The van der Waals surface area contributed by atoms with Gasteiger partial charge in [-0.05, 0) is 12.1 Å². The smallest absolute Gasteiger partial charge is 0.228 e. The van der Waals surface area contributed by atoms with Crippen molar-refractivity contribution in [3.05, 3.63) is 41.2 Å². The summed E-state index contributed by atoms with van der Waals surface area (Å²) in [6.07, 6.45) is 0.221. The minimum absolute atomic E-state index is 0.00829. The van der Waals surface area contributed by atoms with Gasteiger partial charge in [0.05, 0.1) is 12.1 Å². The van der Waals surface area contributed by atoms with Gasteiger partial charge in [0.1, 0.15) is 10.8 Å². The van der Waals surface area contributed by atoms with E-state index in [9.17, 15) is 14.0 Å². The summed E-state index contributed by atoms with van der Waals surface area (Å²) in [5.74, 6) is -0.175. The van der Waals surface area contributed by atoms with E-state index in [-0.39, 0.29) is 24.1 Å². The molecule has 0 atom stereocenters. The summed E-state index contributed by atoms with van der Waals surface area (Å²) in [6.45, 7) is 7.94. The summed E-state index contributed by atoms with van der Waals surface area (Å²) in [5, 5.41) is 2.55. The predicted octanol–water partition coefficient (Wildman–Crippen LogP) is 3.21. The Balaban J connectivity index is 1.57. The van der Waals surface area contributed by atoms with Crippen LogP contribution in [0.25, 0.3) is 10.6 Å². The average Bonchev–Trinajstić information content (AvgIpc) is 3.09. The number of aromatic nitrogens is 1. The second-order valence-electron chi connectivity index (χ2n) is 7.75. The number of thiazole rings is 1. The van der Waals surface area contributed by atoms with Crippen LogP contribution in [0.5, 0.6) is 0 Å². The predicted molar refractivity (Wildman–Crippen MR) is 104 cm³/mol. The summed E-state index contributed by atoms with van der Waals surface area (Å²) in [6, 6.07) is 6.29. The maximum atomic E-state index is 13.4. The zero-order valence-electron chi connectivity index (χ0n) is 15.9. The fourth-order valence-corrected chi connectivity index (χ4v) is 3.86. The third kappa shape index (κ3) is 4.71. The molecule has 0 radical (unpaired) electrons. The fourth-order valence-electron chi connectivity index (χ4n) is 3.04. The van der Waals surface area contributed by atoms with Crippen LogP contribution in [0, 0.1) is 11.2 Å². The number of hydrogen-bond donors (Lipinski definition) is 0. The van der Waals surface area contributed by atoms with Crippen molar-refractivity contribution in [3.8, 4) is 10.6 Å². The highest BCUT2D eigenvalue weighted by Crippen LogP contribution is 2.25. The van der Waals surface area contributed by atoms with Gasteiger partial charge in [0.25, 0.3) is 0 Å². The molecule has 1 aromatic heterocycles. The molecular formula is C20H24FN3O2S. The zero-order chi connectivity index (χ0) is 19.6. The van der Waals surface area contributed by atoms with Crippen LogP contribution >= 0.6 is 11.3 Å². The van der Waals surface area contributed by atoms with Gasteiger partial charge in [-0.2, -0.15) is 0 Å². The Morgan fingerprint density at radius 1 is 1.15 bits per heavy atom. The Morgan fingerprint density at radius 2 is 1.81 bits per heavy atom. The van der Waals surface area contributed by atoms with Crippen LogP contribution in [0.1, 0.15) is 26.5 Å². The van der Waals surface area contributed by atoms with Crippen molar-refractivity contribution in [1.82, 2.24) is 14.8 Å². The molecule has 1 aliphatic rings. The first-order valence-electron chi connectivity index (χ1n) is 9.01. The average molecular weight is 389 g/mol. The third-order valence-electron chi connectivity index (χ3n) is 4.52. The van der Waals surface area contributed by atoms with Gasteiger partial charge < -0.3 is 9.80 Å². The lowest BCUT2D eigenvalue weighted by Crippen LogP contribution is -2.53. The number of halogens is 1. The molecule has 2 aromatic rings. The van der Waals surface area contributed by atoms with Gasteiger partial charge in [-0.15, -0.1) is 11.3 Å². The van der Waals surface area contributed by atoms with Crippen LogP contribution in [0.15, 0.2) is 29.6 Å². The first-order valence-corrected chi connectivity index (χ1v) is 9.89. The zero-order valence-corrected chi connectivity index (χ0v) is 16.7. The Hall–Kier alpha value is -2.28. The van der Waals surface area contributed by atoms with E-state index in [4.69, 9.17) is 0 Å². The minimum atomic E-state index is -0.403. The molecule has 1 aliphatic heterocycles. The van der Waals surface area contributed by atoms with Gasteiger partial charge >= 0.3 is 0 Å². The summed E-state index contributed by atoms with van der Waals surface area (Å²) in [7, 11) is 0. The summed E-state index contributed by atoms with van der Waals surface area (Å²) in [5.41, 5.74) is 1.01. The van der Waals surface area contributed by atoms with E-state index in [1.165, 1.54) is 23.5 Å². The van der Waals surface area contributed by atoms with Crippen LogP contribution in [0.2, 0.25) is 0 Å². The number of carbonyl (C=O) groups is 2. The summed E-state index contributed by atoms with van der Waals surface area (Å²) >= 11 is 1.41. The molecule has 0 bridgehead atoms. The lowest BCUT2D eigenvalue weighted by molar-refractivity contribution is -0.144. The first kappa shape index (κ1) is 19.5. The number of carbonyl (C=O) groups excluding carboxylic acids is 2. The van der Waals surface area contributed by atoms with E-state index < -0.39 is 5.41 Å². The molecule has 7 heteroatoms. The number of benzene rings is 1. The van der Waals surface area contributed by atoms with Crippen molar-refractivity contribution in [2.75, 3.05) is 26.2 Å². The highest BCUT2D eigenvalue weighted by atomic mass is 32.1. The Morgan fingerprint density at radius 3 is 2.44 bits per heavy atom. The van der Waals surface area contributed by atoms with Crippen LogP contribution in [-0.4, -0.2) is 52.8 Å². The fraction of sp³-hybridized carbons (Fsp3) is 0.450. The van der Waals surface area contributed by atoms with Crippen molar-refractivity contribution in [3.63, 3.8) is 0 Å². The van der Waals surface area contributed by atoms with Gasteiger partial charge in [0.15, 0.2) is 0 Å². The number of hydrogen-bond acceptors (Lipinski definition) is 4. The maximum absolute atomic E-state index is 13.4. The lowest BCUT2D eigenvalue weighted by atomic mass is 9.94. The van der Waals surface area contributed by atoms with Crippen molar-refractivity contribution in [2.24, 2.45) is 5.41 Å². The molecule has 1 saturated heterocycles. The summed E-state index contributed by atoms with van der Waals surface area (Å²) in [4.78, 5) is 33.0. The van der Waals surface area contributed by atoms with Gasteiger partial charge in [-0.3, -0.25) is 9.59 Å². The van der Waals surface area contributed by atoms with Gasteiger partial charge in [-0.25, -0.2) is 9.37 Å². The van der Waals surface area contributed by atoms with Crippen LogP contribution < -0.4 is 0 Å². The Kier molecular flexibility index (Phi) is 5.60. The molecule has 0 N–H and O–H groups in total. The summed E-state index contributed by atoms with van der Waals surface area (Å²) < 4.78 is 13.4. The molecule has 3 rings (SSSR count). The molecule has 1 fully saturated rings. The maximum Gasteiger partial charge on any atom is 0.228 e. The molecule has 0 aliphatic carbocycles. The van der Waals surface area contributed by atoms with E-state index in [0.29, 0.717) is 42.4 Å². The van der Waals surface area contributed by atoms with E-state index in [0.717, 1.165) is 0 Å². The van der Waals surface area contributed by atoms with Gasteiger partial charge in [0, 0.05) is 42.5 Å². The number of rotatable bonds is 3. The molecular weight excluding hydrogens is 365 g/mol. The van der Waals surface area contributed by atoms with E-state index in [1.54, 1.807) is 17.0 Å². The first-order chi connectivity index (χ1) is 12.7. The highest BCUT2D eigenvalue weighted by molar-refractivity contribution is 7.13. The monoisotopic (exact) mass is 389 g/mol. The molecule has 144 valence electrons. The van der Waals surface area contributed by atoms with Crippen molar-refractivity contribution >= 4 is 23.2 Å². The second kappa shape index (κ2) is 7.76. The largest absolute Gasteiger partial charge is 0.339 e. The highest BCUT2D eigenvalue weighted by Gasteiger charge is 2.30. The quantitative estimate of drug-likeness (QED) is 0.810. The van der Waals surface area contributed by atoms with E-state index in [2.05, 4.69) is 4.98 Å². The van der Waals surface area contributed by atoms with Crippen LogP contribution in [0.3, 0.4) is 0 Å². The number of amides is 2. The third-order valence-corrected chi connectivity index (χ3v) is 5.46. The molecule has 0 unspecified atom stereocenters. The molecule has 27 heavy (non-hydrogen) atoms. The molecule has 0 spiro atoms. The SMILES string of the molecule is CC(C)(C)C(=O)N1CCN(C(=O)Cc2csc(-c3cccc(F)c3)n2)CC1. The van der Waals surface area contributed by atoms with E-state index in [1.807, 2.05) is 31.1 Å². The number of nitrogens with zero attached hydrogens (tertiary/aromatic N) is 3. The Labute approximate surface area is 162 Å². The van der Waals surface area contributed by atoms with Crippen molar-refractivity contribution in [1.29, 1.82) is 0 Å². The number of piperazine rings is 1. The molecule has 2 heterocycles. The standard InChI is InChI=1S/C20H24FN3O2S/c1-20(2,3)19(26)24-9-7-23(8-10-24)17(25)12-16-13-27-18(22-16)14-5-4-6-15(21)11-14/h4-6,11,13H,7-10,12H2,1-3H3. The van der Waals surface area contributed by atoms with E-state index >= 15 is 0 Å². The normalized spacial score (nSPS) is 15.1. The van der Waals surface area contributed by atoms with Crippen LogP contribution in [0.4, 0.5) is 4.39 Å². The second-order valence-corrected chi connectivity index (χ2v) is 8.61. The molecule has 2 amide bonds. The molecule has 1 aromatic carbocycles. The topological polar surface area (TPSA) is 53.5 Å². The van der Waals surface area contributed by atoms with Crippen molar-refractivity contribution < 1.29 is 14.0 Å². The molecule has 5 nitrogen and oxygen atoms in total. The lowest BCUT2D eigenvalue weighted by Gasteiger charge is -2.37. The van der Waals surface area contributed by atoms with Gasteiger partial charge in [-0.1, -0.05) is 32.9 Å². The van der Waals surface area contributed by atoms with Crippen LogP contribution in [-0.2, 0) is 16.0 Å².